The second kappa shape index (κ2) is 2.89. The highest BCUT2D eigenvalue weighted by molar-refractivity contribution is 4.84. The van der Waals surface area contributed by atoms with Crippen molar-refractivity contribution in [1.29, 1.82) is 0 Å². The molecule has 1 saturated heterocycles. The van der Waals surface area contributed by atoms with Crippen molar-refractivity contribution in [3.8, 4) is 0 Å². The quantitative estimate of drug-likeness (QED) is 0.523. The third-order valence-corrected chi connectivity index (χ3v) is 2.18. The summed E-state index contributed by atoms with van der Waals surface area (Å²) in [6, 6.07) is 0. The molecule has 1 fully saturated rings. The summed E-state index contributed by atoms with van der Waals surface area (Å²) in [5.74, 6) is 0.734. The zero-order valence-corrected chi connectivity index (χ0v) is 6.98. The van der Waals surface area contributed by atoms with Gasteiger partial charge >= 0.3 is 0 Å². The maximum Gasteiger partial charge on any atom is 0.0141 e. The summed E-state index contributed by atoms with van der Waals surface area (Å²) in [6.07, 6.45) is 2.26. The molecule has 1 heterocycles. The van der Waals surface area contributed by atoms with E-state index in [0.717, 1.165) is 31.8 Å². The van der Waals surface area contributed by atoms with Crippen LogP contribution in [0.1, 0.15) is 26.7 Å². The minimum atomic E-state index is 0.0723. The van der Waals surface area contributed by atoms with E-state index < -0.39 is 0 Å². The van der Waals surface area contributed by atoms with Crippen LogP contribution in [0.5, 0.6) is 0 Å². The van der Waals surface area contributed by atoms with Gasteiger partial charge in [0.2, 0.25) is 0 Å². The molecule has 0 amide bonds. The van der Waals surface area contributed by atoms with E-state index in [4.69, 9.17) is 5.73 Å². The average Bonchev–Trinajstić information content (AvgIpc) is 1.90. The summed E-state index contributed by atoms with van der Waals surface area (Å²) in [6.45, 7) is 6.62. The van der Waals surface area contributed by atoms with Crippen LogP contribution in [0.15, 0.2) is 0 Å². The van der Waals surface area contributed by atoms with Gasteiger partial charge in [-0.2, -0.15) is 0 Å². The molecule has 0 aliphatic carbocycles. The van der Waals surface area contributed by atoms with E-state index in [-0.39, 0.29) is 5.54 Å². The van der Waals surface area contributed by atoms with Crippen molar-refractivity contribution in [2.75, 3.05) is 13.1 Å². The maximum absolute atomic E-state index is 6.03. The molecule has 3 N–H and O–H groups in total. The first kappa shape index (κ1) is 8.02. The van der Waals surface area contributed by atoms with Crippen molar-refractivity contribution in [2.45, 2.75) is 32.2 Å². The van der Waals surface area contributed by atoms with Gasteiger partial charge in [0.05, 0.1) is 0 Å². The predicted octanol–water partition coefficient (Wildman–Crippen LogP) is 0.723. The van der Waals surface area contributed by atoms with Crippen LogP contribution in [0, 0.1) is 5.92 Å². The van der Waals surface area contributed by atoms with Gasteiger partial charge < -0.3 is 11.1 Å². The summed E-state index contributed by atoms with van der Waals surface area (Å²) < 4.78 is 0. The normalized spacial score (nSPS) is 42.9. The lowest BCUT2D eigenvalue weighted by Gasteiger charge is -2.23. The first-order valence-electron chi connectivity index (χ1n) is 4.10. The molecule has 0 aromatic carbocycles. The lowest BCUT2D eigenvalue weighted by molar-refractivity contribution is 0.371. The Labute approximate surface area is 63.2 Å². The van der Waals surface area contributed by atoms with Crippen LogP contribution in [0.3, 0.4) is 0 Å². The third kappa shape index (κ3) is 2.27. The van der Waals surface area contributed by atoms with Gasteiger partial charge in [0.1, 0.15) is 0 Å². The smallest absolute Gasteiger partial charge is 0.0141 e. The molecular weight excluding hydrogens is 124 g/mol. The molecule has 0 saturated carbocycles. The summed E-state index contributed by atoms with van der Waals surface area (Å²) in [5, 5.41) is 3.37. The van der Waals surface area contributed by atoms with Gasteiger partial charge in [0, 0.05) is 5.54 Å². The molecule has 1 rings (SSSR count). The molecular formula is C8H18N2. The zero-order chi connectivity index (χ0) is 7.61. The highest BCUT2D eigenvalue weighted by Gasteiger charge is 2.23. The largest absolute Gasteiger partial charge is 0.325 e. The molecule has 1 unspecified atom stereocenters. The van der Waals surface area contributed by atoms with Crippen molar-refractivity contribution in [3.63, 3.8) is 0 Å². The number of nitrogens with two attached hydrogens (primary N) is 1. The Kier molecular flexibility index (Phi) is 2.32. The second-order valence-corrected chi connectivity index (χ2v) is 3.92. The first-order chi connectivity index (χ1) is 4.60. The monoisotopic (exact) mass is 142 g/mol. The van der Waals surface area contributed by atoms with Crippen molar-refractivity contribution in [1.82, 2.24) is 5.32 Å². The maximum atomic E-state index is 6.03. The van der Waals surface area contributed by atoms with Crippen molar-refractivity contribution in [2.24, 2.45) is 11.7 Å². The molecule has 60 valence electrons. The third-order valence-electron chi connectivity index (χ3n) is 2.18. The van der Waals surface area contributed by atoms with Gasteiger partial charge in [0.25, 0.3) is 0 Å². The van der Waals surface area contributed by atoms with Crippen LogP contribution in [0.2, 0.25) is 0 Å². The summed E-state index contributed by atoms with van der Waals surface area (Å²) in [7, 11) is 0. The van der Waals surface area contributed by atoms with Crippen LogP contribution >= 0.6 is 0 Å². The first-order valence-corrected chi connectivity index (χ1v) is 4.10. The Hall–Kier alpha value is -0.0800. The van der Waals surface area contributed by atoms with E-state index in [1.54, 1.807) is 0 Å². The summed E-state index contributed by atoms with van der Waals surface area (Å²) in [4.78, 5) is 0. The Balaban J connectivity index is 2.46. The fourth-order valence-electron chi connectivity index (χ4n) is 1.69. The van der Waals surface area contributed by atoms with Crippen LogP contribution in [-0.2, 0) is 0 Å². The van der Waals surface area contributed by atoms with Gasteiger partial charge in [-0.1, -0.05) is 6.92 Å². The van der Waals surface area contributed by atoms with Crippen LogP contribution in [0.4, 0.5) is 0 Å². The van der Waals surface area contributed by atoms with E-state index >= 15 is 0 Å². The van der Waals surface area contributed by atoms with Crippen molar-refractivity contribution in [3.05, 3.63) is 0 Å². The van der Waals surface area contributed by atoms with Crippen LogP contribution in [-0.4, -0.2) is 18.6 Å². The van der Waals surface area contributed by atoms with Gasteiger partial charge in [0.15, 0.2) is 0 Å². The zero-order valence-electron chi connectivity index (χ0n) is 6.98. The summed E-state index contributed by atoms with van der Waals surface area (Å²) in [5.41, 5.74) is 6.10. The van der Waals surface area contributed by atoms with Gasteiger partial charge in [-0.15, -0.1) is 0 Å². The van der Waals surface area contributed by atoms with Crippen LogP contribution in [0.25, 0.3) is 0 Å². The fraction of sp³-hybridized carbons (Fsp3) is 1.00. The molecule has 1 aliphatic heterocycles. The lowest BCUT2D eigenvalue weighted by atomic mass is 9.90. The fourth-order valence-corrected chi connectivity index (χ4v) is 1.69. The predicted molar refractivity (Wildman–Crippen MR) is 43.9 cm³/mol. The minimum absolute atomic E-state index is 0.0723. The van der Waals surface area contributed by atoms with E-state index in [2.05, 4.69) is 19.2 Å². The molecule has 0 radical (unpaired) electrons. The number of nitrogens with one attached hydrogen (secondary N) is 1. The highest BCUT2D eigenvalue weighted by atomic mass is 14.9. The van der Waals surface area contributed by atoms with Crippen LogP contribution < -0.4 is 11.1 Å². The molecule has 2 atom stereocenters. The Morgan fingerprint density at radius 3 is 3.00 bits per heavy atom. The molecule has 2 nitrogen and oxygen atoms in total. The van der Waals surface area contributed by atoms with Gasteiger partial charge in [-0.05, 0) is 38.8 Å². The Bertz CT molecular complexity index is 110. The SMILES string of the molecule is CC1CNCC[C@](C)(N)C1. The molecule has 10 heavy (non-hydrogen) atoms. The summed E-state index contributed by atoms with van der Waals surface area (Å²) >= 11 is 0. The molecule has 0 aromatic heterocycles. The molecule has 0 aromatic rings. The Morgan fingerprint density at radius 1 is 1.60 bits per heavy atom. The minimum Gasteiger partial charge on any atom is -0.325 e. The molecule has 0 bridgehead atoms. The number of hydrogen-bond donors (Lipinski definition) is 2. The number of rotatable bonds is 0. The average molecular weight is 142 g/mol. The molecule has 1 aliphatic rings. The van der Waals surface area contributed by atoms with Crippen molar-refractivity contribution < 1.29 is 0 Å². The topological polar surface area (TPSA) is 38.0 Å². The van der Waals surface area contributed by atoms with E-state index in [1.165, 1.54) is 0 Å². The van der Waals surface area contributed by atoms with E-state index in [1.807, 2.05) is 0 Å². The standard InChI is InChI=1S/C8H18N2/c1-7-5-8(2,9)3-4-10-6-7/h7,10H,3-6,9H2,1-2H3/t7?,8-/m0/s1. The van der Waals surface area contributed by atoms with Gasteiger partial charge in [-0.25, -0.2) is 0 Å². The second-order valence-electron chi connectivity index (χ2n) is 3.92. The highest BCUT2D eigenvalue weighted by Crippen LogP contribution is 2.19. The van der Waals surface area contributed by atoms with E-state index in [9.17, 15) is 0 Å². The Morgan fingerprint density at radius 2 is 2.30 bits per heavy atom. The van der Waals surface area contributed by atoms with Crippen molar-refractivity contribution >= 4 is 0 Å². The lowest BCUT2D eigenvalue weighted by Crippen LogP contribution is -2.37. The molecule has 2 heteroatoms. The molecule has 0 spiro atoms. The number of hydrogen-bond acceptors (Lipinski definition) is 2. The van der Waals surface area contributed by atoms with E-state index in [0.29, 0.717) is 0 Å². The van der Waals surface area contributed by atoms with Gasteiger partial charge in [-0.3, -0.25) is 0 Å².